The number of nitrogens with zero attached hydrogens (tertiary/aromatic N) is 2. The molecule has 2 aromatic carbocycles. The summed E-state index contributed by atoms with van der Waals surface area (Å²) in [5, 5.41) is 7.32. The molecule has 7 heteroatoms. The third kappa shape index (κ3) is 3.97. The number of nitrogens with one attached hydrogen (secondary N) is 1. The van der Waals surface area contributed by atoms with E-state index in [0.717, 1.165) is 27.5 Å². The minimum absolute atomic E-state index is 0.0901. The van der Waals surface area contributed by atoms with E-state index >= 15 is 0 Å². The standard InChI is InChI=1S/C19H16BrClFN3O/c1-11-18(20)12(2)25(24-11)10-13-4-3-5-14(8-13)19(26)23-17-7-6-15(21)9-16(17)22/h3-9H,10H2,1-2H3,(H,23,26). The van der Waals surface area contributed by atoms with Gasteiger partial charge in [0, 0.05) is 10.6 Å². The number of aromatic nitrogens is 2. The first-order valence-electron chi connectivity index (χ1n) is 7.90. The molecule has 0 aliphatic rings. The van der Waals surface area contributed by atoms with Crippen LogP contribution >= 0.6 is 27.5 Å². The number of carbonyl (C=O) groups is 1. The Bertz CT molecular complexity index is 987. The van der Waals surface area contributed by atoms with Crippen molar-refractivity contribution in [1.29, 1.82) is 0 Å². The third-order valence-corrected chi connectivity index (χ3v) is 5.38. The van der Waals surface area contributed by atoms with E-state index in [0.29, 0.717) is 12.1 Å². The third-order valence-electron chi connectivity index (χ3n) is 3.99. The fourth-order valence-electron chi connectivity index (χ4n) is 2.60. The second kappa shape index (κ2) is 7.60. The second-order valence-corrected chi connectivity index (χ2v) is 7.15. The number of carbonyl (C=O) groups excluding carboxylic acids is 1. The molecule has 0 unspecified atom stereocenters. The maximum Gasteiger partial charge on any atom is 0.255 e. The largest absolute Gasteiger partial charge is 0.319 e. The van der Waals surface area contributed by atoms with Gasteiger partial charge in [-0.2, -0.15) is 5.10 Å². The number of amides is 1. The molecule has 0 fully saturated rings. The quantitative estimate of drug-likeness (QED) is 0.599. The molecule has 3 rings (SSSR count). The predicted molar refractivity (Wildman–Crippen MR) is 104 cm³/mol. The molecule has 1 N–H and O–H groups in total. The van der Waals surface area contributed by atoms with E-state index in [9.17, 15) is 9.18 Å². The number of hydrogen-bond donors (Lipinski definition) is 1. The predicted octanol–water partition coefficient (Wildman–Crippen LogP) is 5.36. The van der Waals surface area contributed by atoms with Crippen LogP contribution in [0.5, 0.6) is 0 Å². The average Bonchev–Trinajstić information content (AvgIpc) is 2.84. The van der Waals surface area contributed by atoms with Gasteiger partial charge in [0.15, 0.2) is 0 Å². The Morgan fingerprint density at radius 2 is 2.04 bits per heavy atom. The second-order valence-electron chi connectivity index (χ2n) is 5.92. The van der Waals surface area contributed by atoms with Gasteiger partial charge >= 0.3 is 0 Å². The first kappa shape index (κ1) is 18.6. The summed E-state index contributed by atoms with van der Waals surface area (Å²) in [6.07, 6.45) is 0. The van der Waals surface area contributed by atoms with E-state index in [2.05, 4.69) is 26.3 Å². The molecule has 3 aromatic rings. The molecule has 26 heavy (non-hydrogen) atoms. The van der Waals surface area contributed by atoms with Gasteiger partial charge in [0.2, 0.25) is 0 Å². The summed E-state index contributed by atoms with van der Waals surface area (Å²) >= 11 is 9.24. The summed E-state index contributed by atoms with van der Waals surface area (Å²) in [5.41, 5.74) is 3.38. The number of benzene rings is 2. The fraction of sp³-hybridized carbons (Fsp3) is 0.158. The number of hydrogen-bond acceptors (Lipinski definition) is 2. The Hall–Kier alpha value is -2.18. The lowest BCUT2D eigenvalue weighted by Crippen LogP contribution is -2.13. The van der Waals surface area contributed by atoms with Gasteiger partial charge in [-0.15, -0.1) is 0 Å². The van der Waals surface area contributed by atoms with E-state index < -0.39 is 5.82 Å². The Labute approximate surface area is 164 Å². The smallest absolute Gasteiger partial charge is 0.255 e. The number of rotatable bonds is 4. The van der Waals surface area contributed by atoms with Crippen LogP contribution in [-0.2, 0) is 6.54 Å². The van der Waals surface area contributed by atoms with Crippen LogP contribution in [0, 0.1) is 19.7 Å². The molecule has 0 aliphatic heterocycles. The van der Waals surface area contributed by atoms with Gasteiger partial charge in [-0.3, -0.25) is 9.48 Å². The van der Waals surface area contributed by atoms with E-state index in [4.69, 9.17) is 11.6 Å². The van der Waals surface area contributed by atoms with E-state index in [1.807, 2.05) is 24.6 Å². The number of anilines is 1. The average molecular weight is 437 g/mol. The fourth-order valence-corrected chi connectivity index (χ4v) is 3.04. The maximum absolute atomic E-state index is 13.9. The molecule has 1 amide bonds. The summed E-state index contributed by atoms with van der Waals surface area (Å²) in [4.78, 5) is 12.4. The van der Waals surface area contributed by atoms with Crippen LogP contribution in [-0.4, -0.2) is 15.7 Å². The van der Waals surface area contributed by atoms with Crippen LogP contribution < -0.4 is 5.32 Å². The van der Waals surface area contributed by atoms with Crippen LogP contribution in [0.3, 0.4) is 0 Å². The minimum Gasteiger partial charge on any atom is -0.319 e. The van der Waals surface area contributed by atoms with Crippen LogP contribution in [0.1, 0.15) is 27.3 Å². The van der Waals surface area contributed by atoms with Crippen molar-refractivity contribution >= 4 is 39.1 Å². The molecule has 0 radical (unpaired) electrons. The first-order valence-corrected chi connectivity index (χ1v) is 9.07. The number of aryl methyl sites for hydroxylation is 1. The van der Waals surface area contributed by atoms with E-state index in [1.54, 1.807) is 18.2 Å². The Morgan fingerprint density at radius 3 is 2.69 bits per heavy atom. The Morgan fingerprint density at radius 1 is 1.27 bits per heavy atom. The van der Waals surface area contributed by atoms with Crippen LogP contribution in [0.15, 0.2) is 46.9 Å². The molecule has 4 nitrogen and oxygen atoms in total. The molecule has 0 saturated heterocycles. The van der Waals surface area contributed by atoms with Crippen molar-refractivity contribution in [2.24, 2.45) is 0 Å². The molecule has 1 heterocycles. The maximum atomic E-state index is 13.9. The summed E-state index contributed by atoms with van der Waals surface area (Å²) in [6, 6.07) is 11.3. The highest BCUT2D eigenvalue weighted by Crippen LogP contribution is 2.22. The van der Waals surface area contributed by atoms with Crippen molar-refractivity contribution in [3.63, 3.8) is 0 Å². The highest BCUT2D eigenvalue weighted by molar-refractivity contribution is 9.10. The lowest BCUT2D eigenvalue weighted by atomic mass is 10.1. The molecule has 0 atom stereocenters. The van der Waals surface area contributed by atoms with Gasteiger partial charge in [0.25, 0.3) is 5.91 Å². The van der Waals surface area contributed by atoms with Crippen molar-refractivity contribution in [3.05, 3.63) is 80.3 Å². The van der Waals surface area contributed by atoms with Crippen molar-refractivity contribution in [2.75, 3.05) is 5.32 Å². The molecular weight excluding hydrogens is 421 g/mol. The van der Waals surface area contributed by atoms with Gasteiger partial charge in [-0.05, 0) is 65.7 Å². The molecular formula is C19H16BrClFN3O. The lowest BCUT2D eigenvalue weighted by Gasteiger charge is -2.09. The van der Waals surface area contributed by atoms with Gasteiger partial charge in [0.1, 0.15) is 5.82 Å². The summed E-state index contributed by atoms with van der Waals surface area (Å²) in [7, 11) is 0. The van der Waals surface area contributed by atoms with Gasteiger partial charge in [-0.1, -0.05) is 23.7 Å². The zero-order valence-electron chi connectivity index (χ0n) is 14.2. The van der Waals surface area contributed by atoms with E-state index in [1.165, 1.54) is 12.1 Å². The van der Waals surface area contributed by atoms with Crippen molar-refractivity contribution in [3.8, 4) is 0 Å². The van der Waals surface area contributed by atoms with Gasteiger partial charge in [-0.25, -0.2) is 4.39 Å². The van der Waals surface area contributed by atoms with Gasteiger partial charge in [0.05, 0.1) is 28.1 Å². The SMILES string of the molecule is Cc1nn(Cc2cccc(C(=O)Nc3ccc(Cl)cc3F)c2)c(C)c1Br. The zero-order valence-corrected chi connectivity index (χ0v) is 16.5. The van der Waals surface area contributed by atoms with E-state index in [-0.39, 0.29) is 16.6 Å². The molecule has 0 spiro atoms. The topological polar surface area (TPSA) is 46.9 Å². The molecule has 0 saturated carbocycles. The van der Waals surface area contributed by atoms with Crippen molar-refractivity contribution < 1.29 is 9.18 Å². The van der Waals surface area contributed by atoms with Crippen LogP contribution in [0.2, 0.25) is 5.02 Å². The molecule has 134 valence electrons. The summed E-state index contributed by atoms with van der Waals surface area (Å²) < 4.78 is 16.7. The minimum atomic E-state index is -0.575. The molecule has 0 bridgehead atoms. The van der Waals surface area contributed by atoms with Crippen LogP contribution in [0.4, 0.5) is 10.1 Å². The highest BCUT2D eigenvalue weighted by atomic mass is 79.9. The summed E-state index contributed by atoms with van der Waals surface area (Å²) in [5.74, 6) is -0.961. The first-order chi connectivity index (χ1) is 12.3. The molecule has 1 aromatic heterocycles. The van der Waals surface area contributed by atoms with Crippen molar-refractivity contribution in [1.82, 2.24) is 9.78 Å². The zero-order chi connectivity index (χ0) is 18.8. The van der Waals surface area contributed by atoms with Crippen LogP contribution in [0.25, 0.3) is 0 Å². The van der Waals surface area contributed by atoms with Gasteiger partial charge < -0.3 is 5.32 Å². The number of halogens is 3. The summed E-state index contributed by atoms with van der Waals surface area (Å²) in [6.45, 7) is 4.44. The highest BCUT2D eigenvalue weighted by Gasteiger charge is 2.12. The van der Waals surface area contributed by atoms with Crippen molar-refractivity contribution in [2.45, 2.75) is 20.4 Å². The Kier molecular flexibility index (Phi) is 5.44. The lowest BCUT2D eigenvalue weighted by molar-refractivity contribution is 0.102. The normalized spacial score (nSPS) is 10.8. The monoisotopic (exact) mass is 435 g/mol. The molecule has 0 aliphatic carbocycles. The Balaban J connectivity index is 1.80.